The van der Waals surface area contributed by atoms with Gasteiger partial charge in [-0.25, -0.2) is 9.67 Å². The summed E-state index contributed by atoms with van der Waals surface area (Å²) in [7, 11) is 0. The Labute approximate surface area is 176 Å². The monoisotopic (exact) mass is 433 g/mol. The van der Waals surface area contributed by atoms with Gasteiger partial charge in [0.25, 0.3) is 0 Å². The van der Waals surface area contributed by atoms with Gasteiger partial charge in [-0.2, -0.15) is 5.10 Å². The highest BCUT2D eigenvalue weighted by atomic mass is 35.5. The summed E-state index contributed by atoms with van der Waals surface area (Å²) in [5.74, 6) is 0.911. The lowest BCUT2D eigenvalue weighted by molar-refractivity contribution is -0.114. The summed E-state index contributed by atoms with van der Waals surface area (Å²) in [5.41, 5.74) is 1.74. The van der Waals surface area contributed by atoms with Crippen LogP contribution in [0.15, 0.2) is 43.0 Å². The highest BCUT2D eigenvalue weighted by molar-refractivity contribution is 6.33. The maximum absolute atomic E-state index is 12.5. The summed E-state index contributed by atoms with van der Waals surface area (Å²) in [6.45, 7) is 1.13. The number of hydrogen-bond acceptors (Lipinski definition) is 6. The maximum atomic E-state index is 12.5. The zero-order valence-corrected chi connectivity index (χ0v) is 16.7. The Morgan fingerprint density at radius 3 is 2.66 bits per heavy atom. The highest BCUT2D eigenvalue weighted by Gasteiger charge is 2.15. The van der Waals surface area contributed by atoms with E-state index in [1.165, 1.54) is 12.7 Å². The molecule has 3 aromatic rings. The van der Waals surface area contributed by atoms with Crippen LogP contribution in [-0.2, 0) is 4.79 Å². The number of fused-ring (bicyclic) bond motifs is 1. The van der Waals surface area contributed by atoms with Crippen molar-refractivity contribution in [1.82, 2.24) is 14.8 Å². The van der Waals surface area contributed by atoms with Gasteiger partial charge in [0.15, 0.2) is 11.5 Å². The number of halogens is 2. The van der Waals surface area contributed by atoms with E-state index in [0.717, 1.165) is 6.42 Å². The lowest BCUT2D eigenvalue weighted by atomic mass is 10.2. The summed E-state index contributed by atoms with van der Waals surface area (Å²) in [6, 6.07) is 8.53. The molecular formula is C19H17Cl2N5O3. The Kier molecular flexibility index (Phi) is 5.73. The van der Waals surface area contributed by atoms with Crippen molar-refractivity contribution in [3.05, 3.63) is 53.0 Å². The fourth-order valence-corrected chi connectivity index (χ4v) is 3.22. The first-order chi connectivity index (χ1) is 14.1. The molecule has 0 aliphatic carbocycles. The molecule has 0 radical (unpaired) electrons. The van der Waals surface area contributed by atoms with Gasteiger partial charge in [-0.3, -0.25) is 4.79 Å². The molecule has 0 saturated heterocycles. The van der Waals surface area contributed by atoms with Crippen LogP contribution in [0.2, 0.25) is 10.0 Å². The van der Waals surface area contributed by atoms with E-state index in [1.807, 2.05) is 0 Å². The van der Waals surface area contributed by atoms with Gasteiger partial charge in [0.1, 0.15) is 12.7 Å². The van der Waals surface area contributed by atoms with E-state index in [-0.39, 0.29) is 12.5 Å². The number of carbonyl (C=O) groups is 1. The van der Waals surface area contributed by atoms with Crippen molar-refractivity contribution in [1.29, 1.82) is 0 Å². The number of hydrogen-bond donors (Lipinski definition) is 2. The van der Waals surface area contributed by atoms with E-state index in [9.17, 15) is 4.79 Å². The van der Waals surface area contributed by atoms with Crippen molar-refractivity contribution in [3.63, 3.8) is 0 Å². The topological polar surface area (TPSA) is 90.3 Å². The molecule has 2 aromatic carbocycles. The third kappa shape index (κ3) is 4.55. The zero-order chi connectivity index (χ0) is 20.2. The first kappa shape index (κ1) is 19.4. The summed E-state index contributed by atoms with van der Waals surface area (Å²) in [6.07, 6.45) is 3.74. The third-order valence-corrected chi connectivity index (χ3v) is 4.72. The van der Waals surface area contributed by atoms with Crippen LogP contribution in [0.1, 0.15) is 6.42 Å². The molecule has 0 unspecified atom stereocenters. The number of carbonyl (C=O) groups excluding carboxylic acids is 1. The number of nitrogens with zero attached hydrogens (tertiary/aromatic N) is 3. The summed E-state index contributed by atoms with van der Waals surface area (Å²) < 4.78 is 12.8. The summed E-state index contributed by atoms with van der Waals surface area (Å²) in [4.78, 5) is 16.4. The number of anilines is 2. The second kappa shape index (κ2) is 8.59. The Balaban J connectivity index is 1.46. The molecule has 8 nitrogen and oxygen atoms in total. The molecule has 0 spiro atoms. The van der Waals surface area contributed by atoms with Gasteiger partial charge in [-0.1, -0.05) is 23.2 Å². The van der Waals surface area contributed by atoms with E-state index in [0.29, 0.717) is 51.8 Å². The average Bonchev–Trinajstić information content (AvgIpc) is 3.13. The van der Waals surface area contributed by atoms with Crippen LogP contribution in [0.25, 0.3) is 5.69 Å². The Morgan fingerprint density at radius 1 is 1.10 bits per heavy atom. The number of ether oxygens (including phenoxy) is 2. The molecule has 2 heterocycles. The molecule has 29 heavy (non-hydrogen) atoms. The van der Waals surface area contributed by atoms with E-state index in [2.05, 4.69) is 20.7 Å². The second-order valence-corrected chi connectivity index (χ2v) is 7.08. The Hall–Kier alpha value is -2.97. The first-order valence-corrected chi connectivity index (χ1v) is 9.63. The van der Waals surface area contributed by atoms with E-state index in [4.69, 9.17) is 32.7 Å². The molecule has 150 valence electrons. The third-order valence-electron chi connectivity index (χ3n) is 4.17. The molecule has 2 N–H and O–H groups in total. The van der Waals surface area contributed by atoms with E-state index in [1.54, 1.807) is 35.0 Å². The van der Waals surface area contributed by atoms with Gasteiger partial charge in [0, 0.05) is 23.6 Å². The average molecular weight is 434 g/mol. The molecule has 0 bridgehead atoms. The SMILES string of the molecule is O=C(CNc1cc2c(cc1Cl)OCCCO2)Nc1cc(Cl)ccc1-n1cncn1. The zero-order valence-electron chi connectivity index (χ0n) is 15.2. The highest BCUT2D eigenvalue weighted by Crippen LogP contribution is 2.37. The number of rotatable bonds is 5. The van der Waals surface area contributed by atoms with Crippen molar-refractivity contribution in [2.24, 2.45) is 0 Å². The predicted octanol–water partition coefficient (Wildman–Crippen LogP) is 3.79. The van der Waals surface area contributed by atoms with Crippen LogP contribution in [0.5, 0.6) is 11.5 Å². The molecule has 0 atom stereocenters. The van der Waals surface area contributed by atoms with Crippen LogP contribution in [-0.4, -0.2) is 40.4 Å². The lowest BCUT2D eigenvalue weighted by Gasteiger charge is -2.14. The molecule has 0 saturated carbocycles. The van der Waals surface area contributed by atoms with Crippen LogP contribution in [0.3, 0.4) is 0 Å². The fraction of sp³-hybridized carbons (Fsp3) is 0.211. The molecule has 10 heteroatoms. The molecule has 1 amide bonds. The number of amides is 1. The molecule has 1 aromatic heterocycles. The molecule has 0 fully saturated rings. The normalized spacial score (nSPS) is 12.9. The molecule has 4 rings (SSSR count). The quantitative estimate of drug-likeness (QED) is 0.635. The summed E-state index contributed by atoms with van der Waals surface area (Å²) in [5, 5.41) is 10.9. The van der Waals surface area contributed by atoms with Gasteiger partial charge < -0.3 is 20.1 Å². The van der Waals surface area contributed by atoms with Crippen LogP contribution in [0, 0.1) is 0 Å². The largest absolute Gasteiger partial charge is 0.490 e. The van der Waals surface area contributed by atoms with Gasteiger partial charge in [0.2, 0.25) is 5.91 Å². The van der Waals surface area contributed by atoms with Crippen molar-refractivity contribution >= 4 is 40.5 Å². The van der Waals surface area contributed by atoms with Crippen molar-refractivity contribution in [2.45, 2.75) is 6.42 Å². The second-order valence-electron chi connectivity index (χ2n) is 6.23. The van der Waals surface area contributed by atoms with E-state index < -0.39 is 0 Å². The minimum absolute atomic E-state index is 0.0112. The Bertz CT molecular complexity index is 1030. The number of nitrogens with one attached hydrogen (secondary N) is 2. The van der Waals surface area contributed by atoms with Gasteiger partial charge in [-0.05, 0) is 18.2 Å². The lowest BCUT2D eigenvalue weighted by Crippen LogP contribution is -2.22. The molecular weight excluding hydrogens is 417 g/mol. The van der Waals surface area contributed by atoms with Crippen LogP contribution in [0.4, 0.5) is 11.4 Å². The number of benzene rings is 2. The van der Waals surface area contributed by atoms with Crippen molar-refractivity contribution < 1.29 is 14.3 Å². The van der Waals surface area contributed by atoms with Crippen LogP contribution < -0.4 is 20.1 Å². The minimum atomic E-state index is -0.281. The smallest absolute Gasteiger partial charge is 0.243 e. The first-order valence-electron chi connectivity index (χ1n) is 8.87. The van der Waals surface area contributed by atoms with Crippen molar-refractivity contribution in [2.75, 3.05) is 30.4 Å². The van der Waals surface area contributed by atoms with E-state index >= 15 is 0 Å². The predicted molar refractivity (Wildman–Crippen MR) is 111 cm³/mol. The molecule has 1 aliphatic heterocycles. The Morgan fingerprint density at radius 2 is 1.90 bits per heavy atom. The van der Waals surface area contributed by atoms with Crippen LogP contribution >= 0.6 is 23.2 Å². The molecule has 1 aliphatic rings. The minimum Gasteiger partial charge on any atom is -0.490 e. The van der Waals surface area contributed by atoms with Gasteiger partial charge in [-0.15, -0.1) is 0 Å². The van der Waals surface area contributed by atoms with Gasteiger partial charge >= 0.3 is 0 Å². The van der Waals surface area contributed by atoms with Gasteiger partial charge in [0.05, 0.1) is 41.8 Å². The number of aromatic nitrogens is 3. The van der Waals surface area contributed by atoms with Crippen molar-refractivity contribution in [3.8, 4) is 17.2 Å². The summed E-state index contributed by atoms with van der Waals surface area (Å²) >= 11 is 12.4. The standard InChI is InChI=1S/C19H17Cl2N5O3/c20-12-2-3-16(26-11-22-10-24-26)15(6-12)25-19(27)9-23-14-8-18-17(7-13(14)21)28-4-1-5-29-18/h2-3,6-8,10-11,23H,1,4-5,9H2,(H,25,27). The maximum Gasteiger partial charge on any atom is 0.243 e. The fourth-order valence-electron chi connectivity index (χ4n) is 2.83.